The van der Waals surface area contributed by atoms with E-state index in [1.807, 2.05) is 18.2 Å². The van der Waals surface area contributed by atoms with Crippen LogP contribution in [0.5, 0.6) is 11.5 Å². The zero-order valence-electron chi connectivity index (χ0n) is 25.2. The highest BCUT2D eigenvalue weighted by atomic mass is 16.6. The average Bonchev–Trinajstić information content (AvgIpc) is 3.48. The third-order valence-electron chi connectivity index (χ3n) is 8.01. The van der Waals surface area contributed by atoms with Crippen molar-refractivity contribution in [1.29, 1.82) is 0 Å². The zero-order chi connectivity index (χ0) is 28.4. The fourth-order valence-electron chi connectivity index (χ4n) is 5.67. The van der Waals surface area contributed by atoms with Crippen molar-refractivity contribution in [2.75, 3.05) is 32.8 Å². The molecule has 1 aromatic rings. The maximum Gasteiger partial charge on any atom is 0.306 e. The van der Waals surface area contributed by atoms with Crippen molar-refractivity contribution in [3.05, 3.63) is 23.8 Å². The van der Waals surface area contributed by atoms with E-state index < -0.39 is 6.10 Å². The Balaban J connectivity index is 1.70. The Labute approximate surface area is 242 Å². The van der Waals surface area contributed by atoms with Crippen LogP contribution in [0.1, 0.15) is 128 Å². The zero-order valence-corrected chi connectivity index (χ0v) is 25.2. The number of nitrogens with zero attached hydrogens (tertiary/aromatic N) is 1. The molecule has 1 aromatic carbocycles. The summed E-state index contributed by atoms with van der Waals surface area (Å²) in [6.07, 6.45) is 16.2. The van der Waals surface area contributed by atoms with E-state index in [9.17, 15) is 9.59 Å². The number of ether oxygens (including phenoxy) is 3. The van der Waals surface area contributed by atoms with Crippen LogP contribution in [0, 0.1) is 0 Å². The highest BCUT2D eigenvalue weighted by Crippen LogP contribution is 2.35. The molecule has 3 rings (SSSR count). The molecule has 226 valence electrons. The predicted octanol–water partition coefficient (Wildman–Crippen LogP) is 7.12. The first kappa shape index (κ1) is 32.2. The first-order valence-corrected chi connectivity index (χ1v) is 16.2. The van der Waals surface area contributed by atoms with Crippen LogP contribution in [-0.2, 0) is 14.3 Å². The molecular formula is C33H54N2O5. The van der Waals surface area contributed by atoms with Gasteiger partial charge in [0.15, 0.2) is 11.5 Å². The number of amides is 1. The number of hydrogen-bond acceptors (Lipinski definition) is 6. The third kappa shape index (κ3) is 11.7. The minimum atomic E-state index is -0.586. The molecule has 0 bridgehead atoms. The topological polar surface area (TPSA) is 77.1 Å². The van der Waals surface area contributed by atoms with Crippen molar-refractivity contribution in [2.45, 2.75) is 129 Å². The molecule has 7 nitrogen and oxygen atoms in total. The summed E-state index contributed by atoms with van der Waals surface area (Å²) in [4.78, 5) is 28.6. The highest BCUT2D eigenvalue weighted by Gasteiger charge is 2.32. The van der Waals surface area contributed by atoms with Crippen LogP contribution in [0.3, 0.4) is 0 Å². The van der Waals surface area contributed by atoms with Crippen LogP contribution >= 0.6 is 0 Å². The maximum absolute atomic E-state index is 13.1. The molecule has 2 atom stereocenters. The number of benzene rings is 1. The normalized spacial score (nSPS) is 16.4. The Hall–Kier alpha value is -2.28. The molecule has 2 aliphatic heterocycles. The number of hydrogen-bond donors (Lipinski definition) is 1. The first-order chi connectivity index (χ1) is 19.6. The monoisotopic (exact) mass is 558 g/mol. The van der Waals surface area contributed by atoms with Gasteiger partial charge in [0.25, 0.3) is 0 Å². The maximum atomic E-state index is 13.1. The lowest BCUT2D eigenvalue weighted by Gasteiger charge is -2.32. The lowest BCUT2D eigenvalue weighted by atomic mass is 9.99. The summed E-state index contributed by atoms with van der Waals surface area (Å²) >= 11 is 0. The van der Waals surface area contributed by atoms with Gasteiger partial charge in [0.1, 0.15) is 19.3 Å². The van der Waals surface area contributed by atoms with Crippen LogP contribution < -0.4 is 14.8 Å². The number of unbranched alkanes of at least 4 members (excludes halogenated alkanes) is 10. The van der Waals surface area contributed by atoms with E-state index in [0.717, 1.165) is 70.0 Å². The fraction of sp³-hybridized carbons (Fsp3) is 0.758. The van der Waals surface area contributed by atoms with Gasteiger partial charge in [-0.25, -0.2) is 0 Å². The Morgan fingerprint density at radius 1 is 0.825 bits per heavy atom. The number of carbonyl (C=O) groups excluding carboxylic acids is 2. The number of nitrogens with one attached hydrogen (secondary N) is 1. The number of fused-ring (bicyclic) bond motifs is 1. The smallest absolute Gasteiger partial charge is 0.306 e. The van der Waals surface area contributed by atoms with Gasteiger partial charge in [-0.15, -0.1) is 0 Å². The van der Waals surface area contributed by atoms with Gasteiger partial charge in [-0.05, 0) is 56.5 Å². The van der Waals surface area contributed by atoms with Gasteiger partial charge in [0.05, 0.1) is 6.04 Å². The summed E-state index contributed by atoms with van der Waals surface area (Å²) < 4.78 is 17.8. The Morgan fingerprint density at radius 3 is 2.10 bits per heavy atom. The van der Waals surface area contributed by atoms with Gasteiger partial charge in [0, 0.05) is 19.4 Å². The Morgan fingerprint density at radius 2 is 1.43 bits per heavy atom. The number of likely N-dealkylation sites (tertiary alicyclic amines) is 1. The summed E-state index contributed by atoms with van der Waals surface area (Å²) in [5, 5.41) is 3.28. The molecule has 2 heterocycles. The van der Waals surface area contributed by atoms with Crippen LogP contribution in [0.15, 0.2) is 18.2 Å². The molecule has 0 aromatic heterocycles. The minimum Gasteiger partial charge on any atom is -0.486 e. The van der Waals surface area contributed by atoms with E-state index in [4.69, 9.17) is 14.2 Å². The molecule has 1 saturated heterocycles. The molecule has 1 amide bonds. The van der Waals surface area contributed by atoms with Gasteiger partial charge in [-0.3, -0.25) is 9.59 Å². The fourth-order valence-corrected chi connectivity index (χ4v) is 5.67. The van der Waals surface area contributed by atoms with Crippen molar-refractivity contribution >= 4 is 11.9 Å². The van der Waals surface area contributed by atoms with Crippen molar-refractivity contribution in [3.8, 4) is 11.5 Å². The van der Waals surface area contributed by atoms with Crippen LogP contribution in [0.2, 0.25) is 0 Å². The molecule has 1 N–H and O–H groups in total. The minimum absolute atomic E-state index is 0.0337. The molecule has 40 heavy (non-hydrogen) atoms. The van der Waals surface area contributed by atoms with Crippen molar-refractivity contribution < 1.29 is 23.8 Å². The van der Waals surface area contributed by atoms with Crippen molar-refractivity contribution in [3.63, 3.8) is 0 Å². The molecule has 0 saturated carbocycles. The summed E-state index contributed by atoms with van der Waals surface area (Å²) in [6.45, 7) is 8.10. The molecule has 1 fully saturated rings. The third-order valence-corrected chi connectivity index (χ3v) is 8.01. The van der Waals surface area contributed by atoms with E-state index in [2.05, 4.69) is 24.1 Å². The number of carbonyl (C=O) groups is 2. The summed E-state index contributed by atoms with van der Waals surface area (Å²) in [5.41, 5.74) is 0.838. The molecule has 0 radical (unpaired) electrons. The van der Waals surface area contributed by atoms with E-state index in [1.165, 1.54) is 38.5 Å². The van der Waals surface area contributed by atoms with Gasteiger partial charge in [-0.2, -0.15) is 0 Å². The van der Waals surface area contributed by atoms with E-state index in [-0.39, 0.29) is 17.9 Å². The van der Waals surface area contributed by atoms with Crippen molar-refractivity contribution in [1.82, 2.24) is 10.2 Å². The molecule has 7 heteroatoms. The molecule has 0 aliphatic carbocycles. The summed E-state index contributed by atoms with van der Waals surface area (Å²) in [5.74, 6) is 1.20. The van der Waals surface area contributed by atoms with Crippen LogP contribution in [-0.4, -0.2) is 55.7 Å². The molecule has 0 unspecified atom stereocenters. The SMILES string of the molecule is CCCCCCCCCC(=O)O[C@H](c1ccc2c(c1)OCCO2)[C@@H](CN1CCCC1)NC(=O)CCCCCCC. The quantitative estimate of drug-likeness (QED) is 0.136. The summed E-state index contributed by atoms with van der Waals surface area (Å²) in [7, 11) is 0. The number of esters is 1. The highest BCUT2D eigenvalue weighted by molar-refractivity contribution is 5.76. The second-order valence-electron chi connectivity index (χ2n) is 11.5. The standard InChI is InChI=1S/C33H54N2O5/c1-3-5-7-9-10-12-14-18-32(37)40-33(27-19-20-29-30(25-27)39-24-23-38-29)28(26-35-21-15-16-22-35)34-31(36)17-13-11-8-6-4-2/h19-20,25,28,33H,3-18,21-24,26H2,1-2H3,(H,34,36)/t28-,33-/m1/s1. The predicted molar refractivity (Wildman–Crippen MR) is 160 cm³/mol. The van der Waals surface area contributed by atoms with Gasteiger partial charge in [-0.1, -0.05) is 84.1 Å². The molecule has 2 aliphatic rings. The Bertz CT molecular complexity index is 870. The Kier molecular flexibility index (Phi) is 15.3. The lowest BCUT2D eigenvalue weighted by molar-refractivity contribution is -0.152. The van der Waals surface area contributed by atoms with E-state index in [0.29, 0.717) is 44.1 Å². The largest absolute Gasteiger partial charge is 0.486 e. The first-order valence-electron chi connectivity index (χ1n) is 16.2. The second kappa shape index (κ2) is 19.0. The van der Waals surface area contributed by atoms with Crippen LogP contribution in [0.4, 0.5) is 0 Å². The second-order valence-corrected chi connectivity index (χ2v) is 11.5. The van der Waals surface area contributed by atoms with E-state index >= 15 is 0 Å². The van der Waals surface area contributed by atoms with Gasteiger partial charge < -0.3 is 24.4 Å². The lowest BCUT2D eigenvalue weighted by Crippen LogP contribution is -2.47. The van der Waals surface area contributed by atoms with Crippen molar-refractivity contribution in [2.24, 2.45) is 0 Å². The van der Waals surface area contributed by atoms with Gasteiger partial charge >= 0.3 is 5.97 Å². The van der Waals surface area contributed by atoms with Gasteiger partial charge in [0.2, 0.25) is 5.91 Å². The summed E-state index contributed by atoms with van der Waals surface area (Å²) in [6, 6.07) is 5.44. The number of rotatable bonds is 20. The molecule has 0 spiro atoms. The van der Waals surface area contributed by atoms with E-state index in [1.54, 1.807) is 0 Å². The van der Waals surface area contributed by atoms with Crippen LogP contribution in [0.25, 0.3) is 0 Å². The average molecular weight is 559 g/mol. The molecular weight excluding hydrogens is 504 g/mol.